The maximum absolute atomic E-state index is 11.7. The summed E-state index contributed by atoms with van der Waals surface area (Å²) in [6.07, 6.45) is 7.41. The smallest absolute Gasteiger partial charge is 0.306 e. The van der Waals surface area contributed by atoms with Crippen LogP contribution in [0, 0.1) is 5.41 Å². The first-order chi connectivity index (χ1) is 12.6. The summed E-state index contributed by atoms with van der Waals surface area (Å²) in [4.78, 5) is 11.7. The molecule has 1 unspecified atom stereocenters. The molecule has 4 fully saturated rings. The van der Waals surface area contributed by atoms with E-state index in [1.807, 2.05) is 12.1 Å². The predicted octanol–water partition coefficient (Wildman–Crippen LogP) is 3.94. The Morgan fingerprint density at radius 1 is 1.23 bits per heavy atom. The second-order valence-electron chi connectivity index (χ2n) is 7.98. The predicted molar refractivity (Wildman–Crippen MR) is 95.8 cm³/mol. The van der Waals surface area contributed by atoms with Gasteiger partial charge in [-0.15, -0.1) is 0 Å². The molecule has 3 heterocycles. The summed E-state index contributed by atoms with van der Waals surface area (Å²) < 4.78 is 22.9. The van der Waals surface area contributed by atoms with Crippen molar-refractivity contribution in [1.29, 1.82) is 0 Å². The third kappa shape index (κ3) is 3.47. The lowest BCUT2D eigenvalue weighted by Crippen LogP contribution is -2.50. The molecule has 5 heteroatoms. The first-order valence-corrected chi connectivity index (χ1v) is 9.73. The first-order valence-electron chi connectivity index (χ1n) is 9.73. The zero-order valence-corrected chi connectivity index (χ0v) is 15.5. The lowest BCUT2D eigenvalue weighted by molar-refractivity contribution is -0.196. The number of hydrogen-bond donors (Lipinski definition) is 0. The molecule has 1 aromatic rings. The van der Waals surface area contributed by atoms with Crippen LogP contribution in [0.4, 0.5) is 0 Å². The van der Waals surface area contributed by atoms with Crippen molar-refractivity contribution in [2.45, 2.75) is 63.3 Å². The van der Waals surface area contributed by atoms with Crippen molar-refractivity contribution in [3.05, 3.63) is 29.8 Å². The van der Waals surface area contributed by atoms with E-state index in [1.54, 1.807) is 0 Å². The second-order valence-corrected chi connectivity index (χ2v) is 7.98. The molecule has 4 aliphatic rings. The minimum Gasteiger partial charge on any atom is -0.469 e. The van der Waals surface area contributed by atoms with Crippen molar-refractivity contribution in [2.24, 2.45) is 5.41 Å². The highest BCUT2D eigenvalue weighted by molar-refractivity contribution is 5.70. The minimum atomic E-state index is -0.245. The molecule has 0 radical (unpaired) electrons. The molecule has 1 aromatic carbocycles. The summed E-state index contributed by atoms with van der Waals surface area (Å²) in [7, 11) is 1.46. The Balaban J connectivity index is 1.45. The van der Waals surface area contributed by atoms with Gasteiger partial charge in [0.25, 0.3) is 0 Å². The van der Waals surface area contributed by atoms with Gasteiger partial charge < -0.3 is 18.9 Å². The van der Waals surface area contributed by atoms with Crippen LogP contribution in [0.5, 0.6) is 5.75 Å². The van der Waals surface area contributed by atoms with Crippen LogP contribution in [0.1, 0.15) is 56.9 Å². The van der Waals surface area contributed by atoms with E-state index in [1.165, 1.54) is 12.7 Å². The highest BCUT2D eigenvalue weighted by atomic mass is 16.7. The van der Waals surface area contributed by atoms with E-state index in [2.05, 4.69) is 12.1 Å². The number of ether oxygens (including phenoxy) is 4. The van der Waals surface area contributed by atoms with Gasteiger partial charge in [0.1, 0.15) is 5.75 Å². The van der Waals surface area contributed by atoms with Crippen molar-refractivity contribution < 1.29 is 23.7 Å². The zero-order valence-electron chi connectivity index (χ0n) is 15.5. The zero-order chi connectivity index (χ0) is 18.0. The van der Waals surface area contributed by atoms with Gasteiger partial charge in [-0.25, -0.2) is 0 Å². The van der Waals surface area contributed by atoms with Crippen LogP contribution in [0.25, 0.3) is 0 Å². The summed E-state index contributed by atoms with van der Waals surface area (Å²) in [5.74, 6) is 0.718. The third-order valence-corrected chi connectivity index (χ3v) is 6.29. The molecular weight excluding hydrogens is 332 g/mol. The Morgan fingerprint density at radius 2 is 2.08 bits per heavy atom. The van der Waals surface area contributed by atoms with Crippen LogP contribution in [0.2, 0.25) is 0 Å². The van der Waals surface area contributed by atoms with Crippen LogP contribution >= 0.6 is 0 Å². The fraction of sp³-hybridized carbons (Fsp3) is 0.667. The average Bonchev–Trinajstić information content (AvgIpc) is 2.70. The fourth-order valence-corrected chi connectivity index (χ4v) is 4.55. The molecule has 1 atom stereocenters. The van der Waals surface area contributed by atoms with Crippen molar-refractivity contribution in [2.75, 3.05) is 20.3 Å². The molecule has 5 nitrogen and oxygen atoms in total. The van der Waals surface area contributed by atoms with E-state index in [9.17, 15) is 4.79 Å². The number of fused-ring (bicyclic) bond motifs is 3. The number of carbonyl (C=O) groups is 1. The number of methoxy groups -OCH3 is 1. The monoisotopic (exact) mass is 360 g/mol. The van der Waals surface area contributed by atoms with E-state index in [4.69, 9.17) is 18.9 Å². The van der Waals surface area contributed by atoms with Gasteiger partial charge in [0.05, 0.1) is 32.3 Å². The summed E-state index contributed by atoms with van der Waals surface area (Å²) in [5.41, 5.74) is 0.890. The van der Waals surface area contributed by atoms with Gasteiger partial charge >= 0.3 is 5.97 Å². The van der Waals surface area contributed by atoms with Gasteiger partial charge in [0.15, 0.2) is 6.29 Å². The minimum absolute atomic E-state index is 0.0428. The lowest BCUT2D eigenvalue weighted by Gasteiger charge is -2.53. The fourth-order valence-electron chi connectivity index (χ4n) is 4.55. The maximum atomic E-state index is 11.7. The molecule has 3 saturated heterocycles. The SMILES string of the molecule is COC(=O)CC12CCC(c3cccc(OC4CCCCO4)c3)(CC1)OC2. The molecule has 5 rings (SSSR count). The van der Waals surface area contributed by atoms with Crippen LogP contribution in [0.15, 0.2) is 24.3 Å². The Labute approximate surface area is 155 Å². The van der Waals surface area contributed by atoms with Crippen molar-refractivity contribution in [3.63, 3.8) is 0 Å². The molecule has 142 valence electrons. The van der Waals surface area contributed by atoms with Gasteiger partial charge in [0, 0.05) is 11.8 Å². The molecule has 0 N–H and O–H groups in total. The Bertz CT molecular complexity index is 625. The molecule has 0 spiro atoms. The Kier molecular flexibility index (Phi) is 4.93. The van der Waals surface area contributed by atoms with E-state index in [0.717, 1.165) is 57.3 Å². The highest BCUT2D eigenvalue weighted by Crippen LogP contribution is 2.55. The summed E-state index contributed by atoms with van der Waals surface area (Å²) in [6.45, 7) is 1.40. The van der Waals surface area contributed by atoms with Crippen molar-refractivity contribution in [3.8, 4) is 5.75 Å². The number of hydrogen-bond acceptors (Lipinski definition) is 5. The van der Waals surface area contributed by atoms with Crippen LogP contribution in [0.3, 0.4) is 0 Å². The van der Waals surface area contributed by atoms with E-state index < -0.39 is 0 Å². The van der Waals surface area contributed by atoms with Gasteiger partial charge in [-0.05, 0) is 56.2 Å². The summed E-state index contributed by atoms with van der Waals surface area (Å²) in [5, 5.41) is 0. The van der Waals surface area contributed by atoms with Gasteiger partial charge in [-0.2, -0.15) is 0 Å². The largest absolute Gasteiger partial charge is 0.469 e. The first kappa shape index (κ1) is 17.8. The summed E-state index contributed by atoms with van der Waals surface area (Å²) in [6, 6.07) is 8.27. The standard InChI is InChI=1S/C21H28O5/c1-23-18(22)14-20-8-10-21(11-9-20,25-15-20)16-5-4-6-17(13-16)26-19-7-2-3-12-24-19/h4-6,13,19H,2-3,7-12,14-15H2,1H3. The average molecular weight is 360 g/mol. The molecular formula is C21H28O5. The van der Waals surface area contributed by atoms with Crippen LogP contribution in [-0.4, -0.2) is 32.6 Å². The van der Waals surface area contributed by atoms with Crippen LogP contribution < -0.4 is 4.74 Å². The molecule has 2 bridgehead atoms. The molecule has 3 aliphatic heterocycles. The number of benzene rings is 1. The van der Waals surface area contributed by atoms with Gasteiger partial charge in [-0.3, -0.25) is 4.79 Å². The Morgan fingerprint density at radius 3 is 2.73 bits per heavy atom. The van der Waals surface area contributed by atoms with E-state index >= 15 is 0 Å². The van der Waals surface area contributed by atoms with E-state index in [0.29, 0.717) is 13.0 Å². The van der Waals surface area contributed by atoms with Gasteiger partial charge in [0.2, 0.25) is 0 Å². The summed E-state index contributed by atoms with van der Waals surface area (Å²) >= 11 is 0. The second kappa shape index (κ2) is 7.20. The Hall–Kier alpha value is -1.59. The van der Waals surface area contributed by atoms with Crippen molar-refractivity contribution in [1.82, 2.24) is 0 Å². The van der Waals surface area contributed by atoms with Crippen LogP contribution in [-0.2, 0) is 24.6 Å². The molecule has 1 saturated carbocycles. The van der Waals surface area contributed by atoms with Crippen molar-refractivity contribution >= 4 is 5.97 Å². The molecule has 26 heavy (non-hydrogen) atoms. The third-order valence-electron chi connectivity index (χ3n) is 6.29. The topological polar surface area (TPSA) is 54.0 Å². The number of carbonyl (C=O) groups excluding carboxylic acids is 1. The normalized spacial score (nSPS) is 33.7. The molecule has 0 aromatic heterocycles. The molecule has 0 amide bonds. The maximum Gasteiger partial charge on any atom is 0.306 e. The van der Waals surface area contributed by atoms with Gasteiger partial charge in [-0.1, -0.05) is 12.1 Å². The molecule has 1 aliphatic carbocycles. The number of rotatable bonds is 5. The highest BCUT2D eigenvalue weighted by Gasteiger charge is 2.51. The lowest BCUT2D eigenvalue weighted by atomic mass is 9.63. The van der Waals surface area contributed by atoms with E-state index in [-0.39, 0.29) is 23.3 Å². The quantitative estimate of drug-likeness (QED) is 0.745. The number of esters is 1.